The monoisotopic (exact) mass is 407 g/mol. The Morgan fingerprint density at radius 1 is 1.42 bits per heavy atom. The molecule has 1 aromatic rings. The number of thiophene rings is 1. The second-order valence-electron chi connectivity index (χ2n) is 5.44. The number of carbonyl (C=O) groups is 1. The molecule has 106 valence electrons. The van der Waals surface area contributed by atoms with Crippen molar-refractivity contribution in [1.82, 2.24) is 5.32 Å². The molecule has 2 nitrogen and oxygen atoms in total. The van der Waals surface area contributed by atoms with Crippen LogP contribution in [0.25, 0.3) is 0 Å². The molecule has 0 aliphatic heterocycles. The van der Waals surface area contributed by atoms with E-state index in [4.69, 9.17) is 0 Å². The molecule has 0 bridgehead atoms. The molecule has 0 spiro atoms. The van der Waals surface area contributed by atoms with Gasteiger partial charge in [-0.1, -0.05) is 35.2 Å². The van der Waals surface area contributed by atoms with Crippen molar-refractivity contribution in [2.24, 2.45) is 5.41 Å². The van der Waals surface area contributed by atoms with Gasteiger partial charge in [0.15, 0.2) is 0 Å². The van der Waals surface area contributed by atoms with Gasteiger partial charge in [0.2, 0.25) is 0 Å². The van der Waals surface area contributed by atoms with Gasteiger partial charge < -0.3 is 5.32 Å². The maximum absolute atomic E-state index is 12.2. The number of nitrogens with one attached hydrogen (secondary N) is 1. The van der Waals surface area contributed by atoms with Gasteiger partial charge in [-0.3, -0.25) is 4.79 Å². The van der Waals surface area contributed by atoms with E-state index in [-0.39, 0.29) is 11.3 Å². The number of hydrogen-bond donors (Lipinski definition) is 1. The summed E-state index contributed by atoms with van der Waals surface area (Å²) in [5, 5.41) is 4.10. The number of carbonyl (C=O) groups excluding carboxylic acids is 1. The van der Waals surface area contributed by atoms with Gasteiger partial charge in [-0.2, -0.15) is 0 Å². The molecule has 19 heavy (non-hydrogen) atoms. The lowest BCUT2D eigenvalue weighted by atomic mass is 9.75. The number of rotatable bonds is 4. The van der Waals surface area contributed by atoms with Crippen molar-refractivity contribution in [3.8, 4) is 0 Å². The smallest absolute Gasteiger partial charge is 0.261 e. The Balaban J connectivity index is 1.95. The Morgan fingerprint density at radius 2 is 2.11 bits per heavy atom. The first kappa shape index (κ1) is 15.5. The lowest BCUT2D eigenvalue weighted by molar-refractivity contribution is 0.0926. The average Bonchev–Trinajstić information content (AvgIpc) is 2.77. The van der Waals surface area contributed by atoms with E-state index in [2.05, 4.69) is 37.2 Å². The minimum atomic E-state index is 0.0599. The van der Waals surface area contributed by atoms with Gasteiger partial charge in [0.05, 0.1) is 8.66 Å². The first-order valence-corrected chi connectivity index (χ1v) is 9.39. The first-order chi connectivity index (χ1) is 9.06. The first-order valence-electron chi connectivity index (χ1n) is 6.66. The van der Waals surface area contributed by atoms with Crippen LogP contribution in [0.2, 0.25) is 0 Å². The van der Waals surface area contributed by atoms with Crippen molar-refractivity contribution in [3.05, 3.63) is 20.3 Å². The Bertz CT molecular complexity index is 433. The summed E-state index contributed by atoms with van der Waals surface area (Å²) in [5.41, 5.74) is 1.39. The van der Waals surface area contributed by atoms with Gasteiger partial charge in [-0.15, -0.1) is 11.3 Å². The van der Waals surface area contributed by atoms with Crippen molar-refractivity contribution >= 4 is 49.1 Å². The van der Waals surface area contributed by atoms with Crippen molar-refractivity contribution in [3.63, 3.8) is 0 Å². The van der Waals surface area contributed by atoms with Crippen LogP contribution in [-0.4, -0.2) is 17.8 Å². The molecule has 1 aromatic heterocycles. The lowest BCUT2D eigenvalue weighted by Crippen LogP contribution is -2.40. The molecule has 0 aromatic carbocycles. The molecule has 1 heterocycles. The molecule has 5 heteroatoms. The van der Waals surface area contributed by atoms with E-state index >= 15 is 0 Å². The molecular formula is C14H19Br2NOS. The minimum absolute atomic E-state index is 0.0599. The predicted octanol–water partition coefficient (Wildman–Crippen LogP) is 4.89. The summed E-state index contributed by atoms with van der Waals surface area (Å²) in [4.78, 5) is 13.0. The van der Waals surface area contributed by atoms with Crippen LogP contribution in [0.15, 0.2) is 9.85 Å². The maximum atomic E-state index is 12.2. The van der Waals surface area contributed by atoms with Crippen molar-refractivity contribution in [1.29, 1.82) is 0 Å². The highest BCUT2D eigenvalue weighted by atomic mass is 79.9. The molecular weight excluding hydrogens is 390 g/mol. The van der Waals surface area contributed by atoms with Gasteiger partial charge >= 0.3 is 0 Å². The van der Waals surface area contributed by atoms with Crippen molar-refractivity contribution < 1.29 is 4.79 Å². The van der Waals surface area contributed by atoms with Crippen LogP contribution < -0.4 is 5.32 Å². The molecule has 1 amide bonds. The SMILES string of the molecule is Cc1cc(C(=O)NCC2(CBr)CCCCC2)sc1Br. The zero-order valence-corrected chi connectivity index (χ0v) is 15.1. The quantitative estimate of drug-likeness (QED) is 0.705. The molecule has 1 fully saturated rings. The van der Waals surface area contributed by atoms with Crippen LogP contribution in [0, 0.1) is 12.3 Å². The molecule has 0 atom stereocenters. The standard InChI is InChI=1S/C14H19Br2NOS/c1-10-7-11(19-12(10)16)13(18)17-9-14(8-15)5-3-2-4-6-14/h7H,2-6,8-9H2,1H3,(H,17,18). The zero-order chi connectivity index (χ0) is 13.9. The summed E-state index contributed by atoms with van der Waals surface area (Å²) < 4.78 is 1.05. The van der Waals surface area contributed by atoms with Gasteiger partial charge in [0.25, 0.3) is 5.91 Å². The van der Waals surface area contributed by atoms with E-state index in [0.717, 1.165) is 26.1 Å². The molecule has 0 radical (unpaired) electrons. The molecule has 0 saturated heterocycles. The molecule has 0 unspecified atom stereocenters. The van der Waals surface area contributed by atoms with Crippen LogP contribution >= 0.6 is 43.2 Å². The van der Waals surface area contributed by atoms with Crippen molar-refractivity contribution in [2.45, 2.75) is 39.0 Å². The number of alkyl halides is 1. The lowest BCUT2D eigenvalue weighted by Gasteiger charge is -2.35. The Hall–Kier alpha value is 0.130. The molecule has 1 aliphatic rings. The second kappa shape index (κ2) is 6.72. The summed E-state index contributed by atoms with van der Waals surface area (Å²) in [5.74, 6) is 0.0599. The molecule has 2 rings (SSSR count). The number of halogens is 2. The number of aryl methyl sites for hydroxylation is 1. The average molecular weight is 409 g/mol. The van der Waals surface area contributed by atoms with Gasteiger partial charge in [-0.05, 0) is 52.7 Å². The van der Waals surface area contributed by atoms with Gasteiger partial charge in [0, 0.05) is 11.9 Å². The normalized spacial score (nSPS) is 18.3. The second-order valence-corrected chi connectivity index (χ2v) is 8.38. The topological polar surface area (TPSA) is 29.1 Å². The van der Waals surface area contributed by atoms with Gasteiger partial charge in [0.1, 0.15) is 0 Å². The van der Waals surface area contributed by atoms with E-state index in [1.54, 1.807) is 0 Å². The summed E-state index contributed by atoms with van der Waals surface area (Å²) in [6, 6.07) is 1.95. The highest BCUT2D eigenvalue weighted by Gasteiger charge is 2.31. The number of hydrogen-bond acceptors (Lipinski definition) is 2. The summed E-state index contributed by atoms with van der Waals surface area (Å²) in [6.07, 6.45) is 6.33. The Kier molecular flexibility index (Phi) is 5.49. The van der Waals surface area contributed by atoms with Crippen LogP contribution in [0.5, 0.6) is 0 Å². The third kappa shape index (κ3) is 3.82. The zero-order valence-electron chi connectivity index (χ0n) is 11.1. The van der Waals surface area contributed by atoms with E-state index in [1.807, 2.05) is 13.0 Å². The van der Waals surface area contributed by atoms with Gasteiger partial charge in [-0.25, -0.2) is 0 Å². The minimum Gasteiger partial charge on any atom is -0.351 e. The Labute approximate surface area is 135 Å². The van der Waals surface area contributed by atoms with Crippen molar-refractivity contribution in [2.75, 3.05) is 11.9 Å². The fraction of sp³-hybridized carbons (Fsp3) is 0.643. The van der Waals surface area contributed by atoms with Crippen LogP contribution in [0.3, 0.4) is 0 Å². The van der Waals surface area contributed by atoms with Crippen LogP contribution in [0.4, 0.5) is 0 Å². The summed E-state index contributed by atoms with van der Waals surface area (Å²) >= 11 is 8.61. The predicted molar refractivity (Wildman–Crippen MR) is 88.4 cm³/mol. The fourth-order valence-corrected chi connectivity index (χ4v) is 4.80. The van der Waals surface area contributed by atoms with Crippen LogP contribution in [0.1, 0.15) is 47.3 Å². The molecule has 1 N–H and O–H groups in total. The molecule has 1 aliphatic carbocycles. The largest absolute Gasteiger partial charge is 0.351 e. The third-order valence-electron chi connectivity index (χ3n) is 3.90. The highest BCUT2D eigenvalue weighted by molar-refractivity contribution is 9.11. The highest BCUT2D eigenvalue weighted by Crippen LogP contribution is 2.37. The van der Waals surface area contributed by atoms with E-state index in [1.165, 1.54) is 43.4 Å². The van der Waals surface area contributed by atoms with E-state index in [9.17, 15) is 4.79 Å². The summed E-state index contributed by atoms with van der Waals surface area (Å²) in [6.45, 7) is 2.80. The van der Waals surface area contributed by atoms with E-state index in [0.29, 0.717) is 0 Å². The number of amides is 1. The molecule has 1 saturated carbocycles. The Morgan fingerprint density at radius 3 is 2.63 bits per heavy atom. The third-order valence-corrected chi connectivity index (χ3v) is 7.23. The van der Waals surface area contributed by atoms with Crippen LogP contribution in [-0.2, 0) is 0 Å². The maximum Gasteiger partial charge on any atom is 0.261 e. The fourth-order valence-electron chi connectivity index (χ4n) is 2.59. The summed E-state index contributed by atoms with van der Waals surface area (Å²) in [7, 11) is 0. The van der Waals surface area contributed by atoms with E-state index < -0.39 is 0 Å².